The van der Waals surface area contributed by atoms with Gasteiger partial charge in [0.1, 0.15) is 6.54 Å². The highest BCUT2D eigenvalue weighted by Crippen LogP contribution is 2.28. The Kier molecular flexibility index (Phi) is 7.29. The van der Waals surface area contributed by atoms with E-state index in [1.165, 1.54) is 17.5 Å². The van der Waals surface area contributed by atoms with E-state index < -0.39 is 5.97 Å². The number of hydrogen-bond donors (Lipinski definition) is 1. The number of methoxy groups -OCH3 is 1. The quantitative estimate of drug-likeness (QED) is 0.371. The first kappa shape index (κ1) is 24.7. The van der Waals surface area contributed by atoms with Gasteiger partial charge in [0.25, 0.3) is 0 Å². The lowest BCUT2D eigenvalue weighted by atomic mass is 10.1. The van der Waals surface area contributed by atoms with Gasteiger partial charge < -0.3 is 15.0 Å². The van der Waals surface area contributed by atoms with Gasteiger partial charge in [0, 0.05) is 60.7 Å². The fourth-order valence-electron chi connectivity index (χ4n) is 4.40. The number of aromatic nitrogens is 4. The molecule has 1 saturated heterocycles. The minimum atomic E-state index is -0.425. The van der Waals surface area contributed by atoms with E-state index >= 15 is 0 Å². The summed E-state index contributed by atoms with van der Waals surface area (Å²) in [5, 5.41) is 12.9. The molecule has 0 radical (unpaired) electrons. The van der Waals surface area contributed by atoms with Gasteiger partial charge in [-0.15, -0.1) is 5.10 Å². The molecule has 0 saturated carbocycles. The number of hydrogen-bond acceptors (Lipinski definition) is 8. The van der Waals surface area contributed by atoms with Crippen LogP contribution in [-0.2, 0) is 22.6 Å². The molecular formula is C26H26ClN7O3. The number of carbonyl (C=O) groups is 2. The number of halogens is 1. The highest BCUT2D eigenvalue weighted by atomic mass is 35.5. The topological polar surface area (TPSA) is 105 Å². The zero-order valence-corrected chi connectivity index (χ0v) is 21.1. The summed E-state index contributed by atoms with van der Waals surface area (Å²) in [5.74, 6) is -0.660. The first-order valence-corrected chi connectivity index (χ1v) is 12.2. The Balaban J connectivity index is 1.12. The van der Waals surface area contributed by atoms with Gasteiger partial charge in [0.2, 0.25) is 5.91 Å². The number of ether oxygens (including phenoxy) is 1. The molecule has 190 valence electrons. The molecule has 3 heterocycles. The first-order chi connectivity index (χ1) is 18.0. The Bertz CT molecular complexity index is 1420. The Morgan fingerprint density at radius 2 is 1.84 bits per heavy atom. The average molecular weight is 520 g/mol. The fraction of sp³-hybridized carbons (Fsp3) is 0.269. The largest absolute Gasteiger partial charge is 0.465 e. The summed E-state index contributed by atoms with van der Waals surface area (Å²) >= 11 is 6.13. The third kappa shape index (κ3) is 5.87. The van der Waals surface area contributed by atoms with Crippen molar-refractivity contribution in [1.29, 1.82) is 0 Å². The molecule has 0 aliphatic carbocycles. The molecule has 11 heteroatoms. The third-order valence-corrected chi connectivity index (χ3v) is 6.50. The van der Waals surface area contributed by atoms with Gasteiger partial charge in [-0.1, -0.05) is 16.8 Å². The number of amides is 1. The van der Waals surface area contributed by atoms with Crippen molar-refractivity contribution in [3.8, 4) is 0 Å². The van der Waals surface area contributed by atoms with E-state index in [0.29, 0.717) is 22.8 Å². The summed E-state index contributed by atoms with van der Waals surface area (Å²) in [6, 6.07) is 14.4. The van der Waals surface area contributed by atoms with Crippen molar-refractivity contribution < 1.29 is 14.3 Å². The highest BCUT2D eigenvalue weighted by molar-refractivity contribution is 6.31. The lowest BCUT2D eigenvalue weighted by molar-refractivity contribution is -0.116. The van der Waals surface area contributed by atoms with E-state index in [-0.39, 0.29) is 12.5 Å². The van der Waals surface area contributed by atoms with E-state index in [4.69, 9.17) is 11.6 Å². The van der Waals surface area contributed by atoms with Crippen molar-refractivity contribution in [1.82, 2.24) is 24.9 Å². The predicted octanol–water partition coefficient (Wildman–Crippen LogP) is 3.23. The minimum absolute atomic E-state index is 0.0403. The second-order valence-corrected chi connectivity index (χ2v) is 9.22. The summed E-state index contributed by atoms with van der Waals surface area (Å²) in [4.78, 5) is 33.1. The van der Waals surface area contributed by atoms with Crippen molar-refractivity contribution in [3.05, 3.63) is 77.2 Å². The molecule has 0 atom stereocenters. The number of rotatable bonds is 7. The molecule has 4 aromatic rings. The normalized spacial score (nSPS) is 14.1. The molecule has 0 unspecified atom stereocenters. The van der Waals surface area contributed by atoms with Crippen LogP contribution >= 0.6 is 11.6 Å². The zero-order valence-electron chi connectivity index (χ0n) is 20.3. The Morgan fingerprint density at radius 3 is 2.59 bits per heavy atom. The molecular weight excluding hydrogens is 494 g/mol. The molecule has 10 nitrogen and oxygen atoms in total. The van der Waals surface area contributed by atoms with Gasteiger partial charge >= 0.3 is 5.97 Å². The van der Waals surface area contributed by atoms with Crippen LogP contribution in [0.2, 0.25) is 5.02 Å². The van der Waals surface area contributed by atoms with E-state index in [0.717, 1.165) is 42.8 Å². The van der Waals surface area contributed by atoms with Crippen LogP contribution in [0.3, 0.4) is 0 Å². The van der Waals surface area contributed by atoms with Crippen LogP contribution in [0.4, 0.5) is 11.4 Å². The van der Waals surface area contributed by atoms with Gasteiger partial charge in [-0.05, 0) is 48.5 Å². The van der Waals surface area contributed by atoms with Crippen LogP contribution in [0.25, 0.3) is 10.9 Å². The maximum atomic E-state index is 12.4. The number of fused-ring (bicyclic) bond motifs is 1. The Hall–Kier alpha value is -4.02. The molecule has 1 fully saturated rings. The van der Waals surface area contributed by atoms with Gasteiger partial charge in [0.05, 0.1) is 30.1 Å². The first-order valence-electron chi connectivity index (χ1n) is 11.9. The Labute approximate surface area is 218 Å². The maximum absolute atomic E-state index is 12.4. The molecule has 2 aromatic heterocycles. The second-order valence-electron chi connectivity index (χ2n) is 8.78. The number of pyridine rings is 1. The summed E-state index contributed by atoms with van der Waals surface area (Å²) < 4.78 is 6.21. The number of benzene rings is 2. The van der Waals surface area contributed by atoms with Crippen LogP contribution in [-0.4, -0.2) is 70.0 Å². The highest BCUT2D eigenvalue weighted by Gasteiger charge is 2.20. The maximum Gasteiger partial charge on any atom is 0.337 e. The van der Waals surface area contributed by atoms with Crippen molar-refractivity contribution in [2.75, 3.05) is 43.5 Å². The van der Waals surface area contributed by atoms with Crippen molar-refractivity contribution in [2.45, 2.75) is 13.1 Å². The molecule has 1 aliphatic rings. The van der Waals surface area contributed by atoms with Gasteiger partial charge in [-0.25, -0.2) is 9.48 Å². The predicted molar refractivity (Wildman–Crippen MR) is 141 cm³/mol. The second kappa shape index (κ2) is 10.9. The number of nitrogens with zero attached hydrogens (tertiary/aromatic N) is 6. The number of esters is 1. The molecule has 1 amide bonds. The Morgan fingerprint density at radius 1 is 1.05 bits per heavy atom. The van der Waals surface area contributed by atoms with Crippen molar-refractivity contribution in [3.63, 3.8) is 0 Å². The van der Waals surface area contributed by atoms with Crippen molar-refractivity contribution >= 4 is 45.8 Å². The lowest BCUT2D eigenvalue weighted by Crippen LogP contribution is -2.46. The third-order valence-electron chi connectivity index (χ3n) is 6.26. The molecule has 0 spiro atoms. The van der Waals surface area contributed by atoms with E-state index in [2.05, 4.69) is 41.2 Å². The number of piperazine rings is 1. The van der Waals surface area contributed by atoms with Crippen molar-refractivity contribution in [2.24, 2.45) is 0 Å². The molecule has 1 N–H and O–H groups in total. The van der Waals surface area contributed by atoms with Crippen LogP contribution in [0, 0.1) is 0 Å². The summed E-state index contributed by atoms with van der Waals surface area (Å²) in [6.45, 7) is 4.23. The van der Waals surface area contributed by atoms with E-state index in [1.54, 1.807) is 30.5 Å². The smallest absolute Gasteiger partial charge is 0.337 e. The van der Waals surface area contributed by atoms with Gasteiger partial charge in [-0.3, -0.25) is 14.7 Å². The monoisotopic (exact) mass is 519 g/mol. The minimum Gasteiger partial charge on any atom is -0.465 e. The van der Waals surface area contributed by atoms with Crippen LogP contribution in [0.1, 0.15) is 16.1 Å². The standard InChI is InChI=1S/C26H26ClN7O3/c1-37-26(36)18-2-5-20(6-3-18)29-25(35)17-34-16-21(30-31-34)15-32-10-12-33(13-11-32)24-8-9-28-23-14-19(27)4-7-22(23)24/h2-9,14,16H,10-13,15,17H2,1H3,(H,29,35). The molecule has 1 aliphatic heterocycles. The number of nitrogens with one attached hydrogen (secondary N) is 1. The number of carbonyl (C=O) groups excluding carboxylic acids is 2. The van der Waals surface area contributed by atoms with Crippen LogP contribution in [0.5, 0.6) is 0 Å². The fourth-order valence-corrected chi connectivity index (χ4v) is 4.57. The zero-order chi connectivity index (χ0) is 25.8. The molecule has 5 rings (SSSR count). The van der Waals surface area contributed by atoms with E-state index in [1.807, 2.05) is 24.4 Å². The summed E-state index contributed by atoms with van der Waals surface area (Å²) in [6.07, 6.45) is 3.62. The molecule has 37 heavy (non-hydrogen) atoms. The molecule has 0 bridgehead atoms. The molecule has 2 aromatic carbocycles. The van der Waals surface area contributed by atoms with Gasteiger partial charge in [0.15, 0.2) is 0 Å². The lowest BCUT2D eigenvalue weighted by Gasteiger charge is -2.36. The number of anilines is 2. The summed E-state index contributed by atoms with van der Waals surface area (Å²) in [7, 11) is 1.32. The summed E-state index contributed by atoms with van der Waals surface area (Å²) in [5.41, 5.74) is 3.87. The van der Waals surface area contributed by atoms with E-state index in [9.17, 15) is 9.59 Å². The van der Waals surface area contributed by atoms with Crippen LogP contribution < -0.4 is 10.2 Å². The van der Waals surface area contributed by atoms with Crippen LogP contribution in [0.15, 0.2) is 60.9 Å². The van der Waals surface area contributed by atoms with Gasteiger partial charge in [-0.2, -0.15) is 0 Å². The SMILES string of the molecule is COC(=O)c1ccc(NC(=O)Cn2cc(CN3CCN(c4ccnc5cc(Cl)ccc45)CC3)nn2)cc1. The average Bonchev–Trinajstić information content (AvgIpc) is 3.34.